The Morgan fingerprint density at radius 1 is 1.14 bits per heavy atom. The summed E-state index contributed by atoms with van der Waals surface area (Å²) < 4.78 is 0. The molecule has 0 aromatic heterocycles. The number of likely N-dealkylation sites (tertiary alicyclic amines) is 1. The molecule has 1 atom stereocenters. The quantitative estimate of drug-likeness (QED) is 0.418. The number of hydrogen-bond acceptors (Lipinski definition) is 7. The smallest absolute Gasteiger partial charge is 0.307 e. The van der Waals surface area contributed by atoms with Crippen LogP contribution in [0.2, 0.25) is 0 Å². The van der Waals surface area contributed by atoms with E-state index < -0.39 is 17.2 Å². The maximum Gasteiger partial charge on any atom is 0.373 e. The average Bonchev–Trinajstić information content (AvgIpc) is 3.30. The summed E-state index contributed by atoms with van der Waals surface area (Å²) in [6, 6.07) is 6.76. The maximum atomic E-state index is 12.1. The summed E-state index contributed by atoms with van der Waals surface area (Å²) in [5.74, 6) is -0.583. The molecule has 28 heavy (non-hydrogen) atoms. The van der Waals surface area contributed by atoms with Crippen molar-refractivity contribution >= 4 is 11.7 Å². The number of benzene rings is 1. The molecule has 2 fully saturated rings. The van der Waals surface area contributed by atoms with Crippen LogP contribution in [-0.4, -0.2) is 53.2 Å². The predicted molar refractivity (Wildman–Crippen MR) is 105 cm³/mol. The van der Waals surface area contributed by atoms with Crippen LogP contribution in [0.1, 0.15) is 56.8 Å². The van der Waals surface area contributed by atoms with Gasteiger partial charge in [0, 0.05) is 18.7 Å². The lowest BCUT2D eigenvalue weighted by atomic mass is 10.1. The van der Waals surface area contributed by atoms with E-state index in [1.54, 1.807) is 45.0 Å². The Labute approximate surface area is 165 Å². The lowest BCUT2D eigenvalue weighted by Crippen LogP contribution is -2.57. The molecule has 0 aliphatic carbocycles. The fourth-order valence-corrected chi connectivity index (χ4v) is 3.93. The van der Waals surface area contributed by atoms with Crippen LogP contribution < -0.4 is 4.90 Å². The van der Waals surface area contributed by atoms with Gasteiger partial charge in [0.25, 0.3) is 0 Å². The first-order valence-electron chi connectivity index (χ1n) is 9.86. The van der Waals surface area contributed by atoms with Gasteiger partial charge in [-0.1, -0.05) is 0 Å². The molecule has 0 N–H and O–H groups in total. The zero-order chi connectivity index (χ0) is 20.4. The van der Waals surface area contributed by atoms with Crippen molar-refractivity contribution in [2.45, 2.75) is 57.7 Å². The van der Waals surface area contributed by atoms with Gasteiger partial charge in [-0.3, -0.25) is 19.9 Å². The second kappa shape index (κ2) is 8.05. The molecule has 3 rings (SSSR count). The largest absolute Gasteiger partial charge is 0.373 e. The summed E-state index contributed by atoms with van der Waals surface area (Å²) >= 11 is 0. The molecule has 154 valence electrons. The average molecular weight is 391 g/mol. The van der Waals surface area contributed by atoms with Crippen LogP contribution in [0.5, 0.6) is 0 Å². The summed E-state index contributed by atoms with van der Waals surface area (Å²) in [4.78, 5) is 38.1. The Kier molecular flexibility index (Phi) is 5.90. The van der Waals surface area contributed by atoms with Crippen LogP contribution in [0.3, 0.4) is 0 Å². The lowest BCUT2D eigenvalue weighted by molar-refractivity contribution is -0.567. The normalized spacial score (nSPS) is 23.2. The Bertz CT molecular complexity index is 710. The molecule has 0 unspecified atom stereocenters. The third kappa shape index (κ3) is 4.44. The Morgan fingerprint density at radius 3 is 2.36 bits per heavy atom. The van der Waals surface area contributed by atoms with E-state index in [9.17, 15) is 14.9 Å². The van der Waals surface area contributed by atoms with Crippen LogP contribution in [0.15, 0.2) is 24.3 Å². The summed E-state index contributed by atoms with van der Waals surface area (Å²) in [5, 5.41) is 12.1. The zero-order valence-electron chi connectivity index (χ0n) is 16.8. The van der Waals surface area contributed by atoms with Gasteiger partial charge >= 0.3 is 11.6 Å². The third-order valence-electron chi connectivity index (χ3n) is 5.26. The highest BCUT2D eigenvalue weighted by atomic mass is 17.2. The van der Waals surface area contributed by atoms with Gasteiger partial charge in [-0.05, 0) is 77.4 Å². The molecule has 0 saturated carbocycles. The van der Waals surface area contributed by atoms with Gasteiger partial charge < -0.3 is 4.90 Å². The summed E-state index contributed by atoms with van der Waals surface area (Å²) in [6.07, 6.45) is 3.50. The second-order valence-electron chi connectivity index (χ2n) is 8.59. The minimum Gasteiger partial charge on any atom is -0.307 e. The molecule has 1 aromatic carbocycles. The zero-order valence-corrected chi connectivity index (χ0v) is 16.8. The fraction of sp³-hybridized carbons (Fsp3) is 0.650. The molecule has 8 heteroatoms. The topological polar surface area (TPSA) is 85.2 Å². The van der Waals surface area contributed by atoms with Gasteiger partial charge in [-0.2, -0.15) is 4.89 Å². The highest BCUT2D eigenvalue weighted by Crippen LogP contribution is 2.36. The minimum atomic E-state index is -1.11. The number of carbonyl (C=O) groups excluding carboxylic acids is 1. The first kappa shape index (κ1) is 20.5. The second-order valence-corrected chi connectivity index (χ2v) is 8.59. The molecule has 0 spiro atoms. The van der Waals surface area contributed by atoms with Crippen LogP contribution in [-0.2, 0) is 9.78 Å². The number of nitro groups is 1. The van der Waals surface area contributed by atoms with Crippen LogP contribution in [0.4, 0.5) is 5.69 Å². The summed E-state index contributed by atoms with van der Waals surface area (Å²) in [6.45, 7) is 8.26. The monoisotopic (exact) mass is 391 g/mol. The number of nitrogens with zero attached hydrogens (tertiary/aromatic N) is 3. The molecule has 2 aliphatic heterocycles. The van der Waals surface area contributed by atoms with Crippen LogP contribution in [0.25, 0.3) is 0 Å². The molecule has 2 aliphatic rings. The standard InChI is InChI=1S/C20H29N3O5/c1-19(2,3)28-27-18(24)16-7-9-17(10-8-16)22-14-6-11-20(22,23(25)26)15-21-12-4-5-13-21/h7-10H,4-6,11-15H2,1-3H3/t20-/m0/s1. The van der Waals surface area contributed by atoms with Crippen molar-refractivity contribution < 1.29 is 19.5 Å². The van der Waals surface area contributed by atoms with Crippen molar-refractivity contribution in [1.82, 2.24) is 4.90 Å². The van der Waals surface area contributed by atoms with Crippen molar-refractivity contribution in [2.24, 2.45) is 0 Å². The van der Waals surface area contributed by atoms with E-state index in [1.165, 1.54) is 0 Å². The molecule has 0 bridgehead atoms. The summed E-state index contributed by atoms with van der Waals surface area (Å²) in [7, 11) is 0. The molecule has 1 aromatic rings. The molecule has 8 nitrogen and oxygen atoms in total. The van der Waals surface area contributed by atoms with E-state index in [4.69, 9.17) is 9.78 Å². The molecule has 2 heterocycles. The van der Waals surface area contributed by atoms with E-state index in [1.807, 2.05) is 4.90 Å². The van der Waals surface area contributed by atoms with Gasteiger partial charge in [0.15, 0.2) is 0 Å². The number of carbonyl (C=O) groups is 1. The van der Waals surface area contributed by atoms with Gasteiger partial charge in [0.2, 0.25) is 0 Å². The Balaban J connectivity index is 1.75. The highest BCUT2D eigenvalue weighted by molar-refractivity contribution is 5.89. The van der Waals surface area contributed by atoms with E-state index in [-0.39, 0.29) is 4.92 Å². The molecule has 0 radical (unpaired) electrons. The van der Waals surface area contributed by atoms with Crippen molar-refractivity contribution in [3.05, 3.63) is 39.9 Å². The van der Waals surface area contributed by atoms with Crippen molar-refractivity contribution in [1.29, 1.82) is 0 Å². The van der Waals surface area contributed by atoms with E-state index in [0.717, 1.165) is 38.0 Å². The molecular weight excluding hydrogens is 362 g/mol. The molecular formula is C20H29N3O5. The Hall–Kier alpha value is -2.19. The van der Waals surface area contributed by atoms with Crippen LogP contribution >= 0.6 is 0 Å². The summed E-state index contributed by atoms with van der Waals surface area (Å²) in [5.41, 5.74) is -0.603. The molecule has 0 amide bonds. The van der Waals surface area contributed by atoms with E-state index >= 15 is 0 Å². The van der Waals surface area contributed by atoms with Gasteiger partial charge in [-0.15, -0.1) is 0 Å². The van der Waals surface area contributed by atoms with Crippen LogP contribution in [0, 0.1) is 10.1 Å². The SMILES string of the molecule is CC(C)(C)OOC(=O)c1ccc(N2CCC[C@@]2(CN2CCCC2)[N+](=O)[O-])cc1. The first-order valence-corrected chi connectivity index (χ1v) is 9.86. The number of rotatable bonds is 6. The van der Waals surface area contributed by atoms with Crippen molar-refractivity contribution in [2.75, 3.05) is 31.1 Å². The third-order valence-corrected chi connectivity index (χ3v) is 5.26. The first-order chi connectivity index (χ1) is 13.2. The van der Waals surface area contributed by atoms with E-state index in [0.29, 0.717) is 25.1 Å². The van der Waals surface area contributed by atoms with Gasteiger partial charge in [0.1, 0.15) is 5.60 Å². The highest BCUT2D eigenvalue weighted by Gasteiger charge is 2.53. The minimum absolute atomic E-state index is 0.127. The number of anilines is 1. The lowest BCUT2D eigenvalue weighted by Gasteiger charge is -2.35. The van der Waals surface area contributed by atoms with Crippen molar-refractivity contribution in [3.63, 3.8) is 0 Å². The van der Waals surface area contributed by atoms with Gasteiger partial charge in [0.05, 0.1) is 17.0 Å². The Morgan fingerprint density at radius 2 is 1.79 bits per heavy atom. The fourth-order valence-electron chi connectivity index (χ4n) is 3.93. The van der Waals surface area contributed by atoms with Gasteiger partial charge in [-0.25, -0.2) is 4.79 Å². The van der Waals surface area contributed by atoms with E-state index in [2.05, 4.69) is 4.90 Å². The predicted octanol–water partition coefficient (Wildman–Crippen LogP) is 3.24. The van der Waals surface area contributed by atoms with Crippen molar-refractivity contribution in [3.8, 4) is 0 Å². The molecule has 2 saturated heterocycles. The maximum absolute atomic E-state index is 12.1. The number of hydrogen-bond donors (Lipinski definition) is 0.